The standard InChI is InChI=1S/C40H47ClFN7O5/c1-26(2)48-14-12-47(13-15-48)16-21-53-35-11-9-30(24-33(35)42)44-40-43-25-31(38(51)45-37-27(3)6-5-7-28(37)4)39(46-40)54-34-10-8-29(22-32(34)41)23-36(50)49-17-19-52-20-18-49/h5-11,22,24-26H,12-21,23H2,1-4H3,(H,45,51)(H,43,44,46). The molecule has 0 radical (unpaired) electrons. The number of aromatic nitrogens is 2. The third kappa shape index (κ3) is 10.0. The first-order valence-corrected chi connectivity index (χ1v) is 18.6. The maximum Gasteiger partial charge on any atom is 0.262 e. The first kappa shape index (κ1) is 38.9. The molecule has 286 valence electrons. The van der Waals surface area contributed by atoms with Crippen molar-refractivity contribution in [3.05, 3.63) is 93.9 Å². The summed E-state index contributed by atoms with van der Waals surface area (Å²) in [5.74, 6) is -0.700. The highest BCUT2D eigenvalue weighted by atomic mass is 35.5. The Morgan fingerprint density at radius 3 is 2.37 bits per heavy atom. The molecular formula is C40H47ClFN7O5. The molecule has 2 saturated heterocycles. The number of morpholine rings is 1. The van der Waals surface area contributed by atoms with Gasteiger partial charge in [-0.25, -0.2) is 9.37 Å². The van der Waals surface area contributed by atoms with Crippen LogP contribution in [0.15, 0.2) is 60.8 Å². The second-order valence-corrected chi connectivity index (χ2v) is 14.2. The van der Waals surface area contributed by atoms with Crippen LogP contribution in [-0.2, 0) is 16.0 Å². The molecule has 3 heterocycles. The van der Waals surface area contributed by atoms with Gasteiger partial charge in [0.2, 0.25) is 17.7 Å². The minimum Gasteiger partial charge on any atom is -0.489 e. The fourth-order valence-electron chi connectivity index (χ4n) is 6.41. The van der Waals surface area contributed by atoms with Crippen molar-refractivity contribution in [3.8, 4) is 17.4 Å². The number of rotatable bonds is 13. The van der Waals surface area contributed by atoms with Crippen molar-refractivity contribution in [2.24, 2.45) is 0 Å². The van der Waals surface area contributed by atoms with E-state index in [-0.39, 0.29) is 46.2 Å². The number of halogens is 2. The highest BCUT2D eigenvalue weighted by Crippen LogP contribution is 2.33. The molecule has 0 atom stereocenters. The number of carbonyl (C=O) groups is 2. The lowest BCUT2D eigenvalue weighted by Gasteiger charge is -2.36. The highest BCUT2D eigenvalue weighted by Gasteiger charge is 2.22. The van der Waals surface area contributed by atoms with Crippen molar-refractivity contribution < 1.29 is 28.2 Å². The molecule has 2 amide bonds. The number of piperazine rings is 1. The molecule has 0 bridgehead atoms. The molecule has 4 aromatic rings. The van der Waals surface area contributed by atoms with Gasteiger partial charge in [0.05, 0.1) is 24.7 Å². The fourth-order valence-corrected chi connectivity index (χ4v) is 6.65. The summed E-state index contributed by atoms with van der Waals surface area (Å²) in [7, 11) is 0. The van der Waals surface area contributed by atoms with Crippen LogP contribution >= 0.6 is 11.6 Å². The third-order valence-electron chi connectivity index (χ3n) is 9.63. The number of nitrogens with one attached hydrogen (secondary N) is 2. The van der Waals surface area contributed by atoms with Gasteiger partial charge in [0, 0.05) is 75.5 Å². The molecule has 14 heteroatoms. The molecule has 0 saturated carbocycles. The van der Waals surface area contributed by atoms with Gasteiger partial charge in [-0.05, 0) is 68.7 Å². The summed E-state index contributed by atoms with van der Waals surface area (Å²) in [4.78, 5) is 41.9. The lowest BCUT2D eigenvalue weighted by atomic mass is 10.1. The van der Waals surface area contributed by atoms with E-state index in [0.29, 0.717) is 62.4 Å². The normalized spacial score (nSPS) is 15.3. The average Bonchev–Trinajstić information content (AvgIpc) is 3.16. The quantitative estimate of drug-likeness (QED) is 0.157. The lowest BCUT2D eigenvalue weighted by Crippen LogP contribution is -2.49. The maximum atomic E-state index is 15.2. The second kappa shape index (κ2) is 18.0. The van der Waals surface area contributed by atoms with Crippen LogP contribution in [0.4, 0.5) is 21.7 Å². The number of hydrogen-bond donors (Lipinski definition) is 2. The maximum absolute atomic E-state index is 15.2. The van der Waals surface area contributed by atoms with Crippen LogP contribution in [0.2, 0.25) is 5.02 Å². The van der Waals surface area contributed by atoms with Crippen LogP contribution in [0.25, 0.3) is 0 Å². The van der Waals surface area contributed by atoms with Gasteiger partial charge < -0.3 is 29.7 Å². The number of amides is 2. The number of hydrogen-bond acceptors (Lipinski definition) is 10. The Morgan fingerprint density at radius 2 is 1.69 bits per heavy atom. The molecular weight excluding hydrogens is 713 g/mol. The van der Waals surface area contributed by atoms with Gasteiger partial charge in [0.25, 0.3) is 5.91 Å². The lowest BCUT2D eigenvalue weighted by molar-refractivity contribution is -0.134. The largest absolute Gasteiger partial charge is 0.489 e. The zero-order valence-electron chi connectivity index (χ0n) is 31.2. The van der Waals surface area contributed by atoms with Gasteiger partial charge in [0.1, 0.15) is 17.9 Å². The molecule has 54 heavy (non-hydrogen) atoms. The van der Waals surface area contributed by atoms with Crippen LogP contribution in [0, 0.1) is 19.7 Å². The Balaban J connectivity index is 1.16. The molecule has 6 rings (SSSR count). The minimum absolute atomic E-state index is 0.0215. The molecule has 12 nitrogen and oxygen atoms in total. The van der Waals surface area contributed by atoms with E-state index in [0.717, 1.165) is 37.3 Å². The van der Waals surface area contributed by atoms with E-state index in [1.54, 1.807) is 35.2 Å². The molecule has 2 N–H and O–H groups in total. The van der Waals surface area contributed by atoms with Gasteiger partial charge in [-0.3, -0.25) is 19.4 Å². The topological polar surface area (TPSA) is 121 Å². The first-order chi connectivity index (χ1) is 26.0. The van der Waals surface area contributed by atoms with E-state index in [1.807, 2.05) is 32.0 Å². The summed E-state index contributed by atoms with van der Waals surface area (Å²) in [5.41, 5.74) is 3.56. The predicted octanol–water partition coefficient (Wildman–Crippen LogP) is 6.48. The Morgan fingerprint density at radius 1 is 0.963 bits per heavy atom. The van der Waals surface area contributed by atoms with E-state index in [9.17, 15) is 9.59 Å². The van der Waals surface area contributed by atoms with Crippen molar-refractivity contribution in [2.75, 3.05) is 76.3 Å². The number of para-hydroxylation sites is 1. The molecule has 0 spiro atoms. The summed E-state index contributed by atoms with van der Waals surface area (Å²) < 4.78 is 32.5. The molecule has 2 fully saturated rings. The zero-order valence-corrected chi connectivity index (χ0v) is 31.9. The van der Waals surface area contributed by atoms with Crippen LogP contribution in [0.5, 0.6) is 17.4 Å². The summed E-state index contributed by atoms with van der Waals surface area (Å²) in [6.07, 6.45) is 1.51. The van der Waals surface area contributed by atoms with E-state index in [2.05, 4.69) is 44.2 Å². The summed E-state index contributed by atoms with van der Waals surface area (Å²) >= 11 is 6.66. The van der Waals surface area contributed by atoms with E-state index in [4.69, 9.17) is 25.8 Å². The molecule has 0 aliphatic carbocycles. The number of anilines is 3. The summed E-state index contributed by atoms with van der Waals surface area (Å²) in [6, 6.07) is 15.8. The van der Waals surface area contributed by atoms with Gasteiger partial charge in [-0.2, -0.15) is 4.98 Å². The Bertz CT molecular complexity index is 1930. The number of ether oxygens (including phenoxy) is 3. The van der Waals surface area contributed by atoms with Crippen molar-refractivity contribution in [3.63, 3.8) is 0 Å². The minimum atomic E-state index is -0.537. The number of benzene rings is 3. The Labute approximate surface area is 320 Å². The third-order valence-corrected chi connectivity index (χ3v) is 9.93. The van der Waals surface area contributed by atoms with Crippen LogP contribution in [-0.4, -0.2) is 108 Å². The van der Waals surface area contributed by atoms with Crippen molar-refractivity contribution >= 4 is 40.7 Å². The SMILES string of the molecule is Cc1cccc(C)c1NC(=O)c1cnc(Nc2ccc(OCCN3CCN(C(C)C)CC3)c(F)c2)nc1Oc1ccc(CC(=O)N2CCOCC2)cc1Cl. The predicted molar refractivity (Wildman–Crippen MR) is 207 cm³/mol. The number of nitrogens with zero attached hydrogens (tertiary/aromatic N) is 5. The zero-order chi connectivity index (χ0) is 38.2. The van der Waals surface area contributed by atoms with E-state index in [1.165, 1.54) is 12.3 Å². The first-order valence-electron chi connectivity index (χ1n) is 18.3. The molecule has 0 unspecified atom stereocenters. The van der Waals surface area contributed by atoms with Gasteiger partial charge >= 0.3 is 0 Å². The van der Waals surface area contributed by atoms with Crippen LogP contribution in [0.1, 0.15) is 40.9 Å². The van der Waals surface area contributed by atoms with Crippen molar-refractivity contribution in [2.45, 2.75) is 40.2 Å². The molecule has 2 aliphatic heterocycles. The molecule has 2 aliphatic rings. The second-order valence-electron chi connectivity index (χ2n) is 13.8. The van der Waals surface area contributed by atoms with Crippen LogP contribution in [0.3, 0.4) is 0 Å². The Kier molecular flexibility index (Phi) is 13.0. The van der Waals surface area contributed by atoms with Crippen molar-refractivity contribution in [1.82, 2.24) is 24.7 Å². The average molecular weight is 760 g/mol. The highest BCUT2D eigenvalue weighted by molar-refractivity contribution is 6.32. The number of aryl methyl sites for hydroxylation is 2. The van der Waals surface area contributed by atoms with E-state index >= 15 is 4.39 Å². The monoisotopic (exact) mass is 759 g/mol. The number of carbonyl (C=O) groups excluding carboxylic acids is 2. The summed E-state index contributed by atoms with van der Waals surface area (Å²) in [5, 5.41) is 6.18. The molecule has 3 aromatic carbocycles. The smallest absolute Gasteiger partial charge is 0.262 e. The van der Waals surface area contributed by atoms with Crippen molar-refractivity contribution in [1.29, 1.82) is 0 Å². The summed E-state index contributed by atoms with van der Waals surface area (Å²) in [6.45, 7) is 15.4. The van der Waals surface area contributed by atoms with E-state index < -0.39 is 11.7 Å². The Hall–Kier alpha value is -4.82. The molecule has 1 aromatic heterocycles. The van der Waals surface area contributed by atoms with Crippen LogP contribution < -0.4 is 20.1 Å². The van der Waals surface area contributed by atoms with Gasteiger partial charge in [0.15, 0.2) is 11.6 Å². The van der Waals surface area contributed by atoms with Gasteiger partial charge in [-0.1, -0.05) is 35.9 Å². The fraction of sp³-hybridized carbons (Fsp3) is 0.400. The van der Waals surface area contributed by atoms with Gasteiger partial charge in [-0.15, -0.1) is 0 Å².